The van der Waals surface area contributed by atoms with Crippen LogP contribution in [0.25, 0.3) is 0 Å². The summed E-state index contributed by atoms with van der Waals surface area (Å²) in [6.07, 6.45) is 1.38. The molecule has 1 atom stereocenters. The minimum Gasteiger partial charge on any atom is -0.354 e. The van der Waals surface area contributed by atoms with Gasteiger partial charge in [0.15, 0.2) is 0 Å². The molecule has 1 saturated heterocycles. The number of hydrogen-bond acceptors (Lipinski definition) is 4. The number of nitrogens with one attached hydrogen (secondary N) is 2. The van der Waals surface area contributed by atoms with Gasteiger partial charge in [0.2, 0.25) is 11.8 Å². The van der Waals surface area contributed by atoms with Gasteiger partial charge in [-0.1, -0.05) is 20.8 Å². The molecule has 2 amide bonds. The number of thioether (sulfide) groups is 1. The molecule has 20 heavy (non-hydrogen) atoms. The van der Waals surface area contributed by atoms with Gasteiger partial charge in [0.1, 0.15) is 6.04 Å². The second-order valence-corrected chi connectivity index (χ2v) is 7.36. The van der Waals surface area contributed by atoms with Crippen LogP contribution < -0.4 is 10.6 Å². The number of hydrogen-bond donors (Lipinski definition) is 2. The summed E-state index contributed by atoms with van der Waals surface area (Å²) in [5.74, 6) is 1.39. The summed E-state index contributed by atoms with van der Waals surface area (Å²) < 4.78 is 0. The summed E-state index contributed by atoms with van der Waals surface area (Å²) in [6, 6.07) is -0.301. The monoisotopic (exact) mass is 301 g/mol. The van der Waals surface area contributed by atoms with Crippen molar-refractivity contribution in [2.45, 2.75) is 39.7 Å². The second-order valence-electron chi connectivity index (χ2n) is 6.36. The Hall–Kier alpha value is -0.750. The van der Waals surface area contributed by atoms with E-state index in [-0.39, 0.29) is 23.3 Å². The molecule has 1 heterocycles. The highest BCUT2D eigenvalue weighted by molar-refractivity contribution is 7.99. The van der Waals surface area contributed by atoms with Crippen LogP contribution in [-0.2, 0) is 9.59 Å². The van der Waals surface area contributed by atoms with Crippen molar-refractivity contribution in [1.29, 1.82) is 0 Å². The van der Waals surface area contributed by atoms with E-state index in [2.05, 4.69) is 10.6 Å². The van der Waals surface area contributed by atoms with Crippen LogP contribution in [0.5, 0.6) is 0 Å². The van der Waals surface area contributed by atoms with Crippen molar-refractivity contribution in [3.63, 3.8) is 0 Å². The molecule has 1 fully saturated rings. The molecule has 1 aliphatic heterocycles. The summed E-state index contributed by atoms with van der Waals surface area (Å²) >= 11 is 1.65. The van der Waals surface area contributed by atoms with E-state index in [1.807, 2.05) is 27.8 Å². The summed E-state index contributed by atoms with van der Waals surface area (Å²) in [7, 11) is 1.89. The van der Waals surface area contributed by atoms with Crippen LogP contribution in [-0.4, -0.2) is 54.5 Å². The van der Waals surface area contributed by atoms with Crippen LogP contribution in [0.1, 0.15) is 33.6 Å². The van der Waals surface area contributed by atoms with Gasteiger partial charge in [0.25, 0.3) is 0 Å². The molecule has 116 valence electrons. The maximum Gasteiger partial charge on any atom is 0.243 e. The van der Waals surface area contributed by atoms with Gasteiger partial charge < -0.3 is 15.5 Å². The fraction of sp³-hybridized carbons (Fsp3) is 0.857. The standard InChI is InChI=1S/C14H27N3O2S/c1-14(2,3)8-12(18)17-10-20-9-11(17)13(19)16-7-5-6-15-4/h11,15H,5-10H2,1-4H3,(H,16,19). The number of nitrogens with zero attached hydrogens (tertiary/aromatic N) is 1. The highest BCUT2D eigenvalue weighted by Crippen LogP contribution is 2.26. The van der Waals surface area contributed by atoms with Gasteiger partial charge in [-0.05, 0) is 25.4 Å². The Morgan fingerprint density at radius 2 is 2.00 bits per heavy atom. The molecule has 0 aliphatic carbocycles. The molecule has 5 nitrogen and oxygen atoms in total. The van der Waals surface area contributed by atoms with Gasteiger partial charge in [0.05, 0.1) is 5.88 Å². The number of amides is 2. The predicted molar refractivity (Wildman–Crippen MR) is 83.6 cm³/mol. The molecule has 1 rings (SSSR count). The summed E-state index contributed by atoms with van der Waals surface area (Å²) in [6.45, 7) is 7.66. The molecule has 0 spiro atoms. The maximum atomic E-state index is 12.3. The van der Waals surface area contributed by atoms with Crippen molar-refractivity contribution in [2.24, 2.45) is 5.41 Å². The van der Waals surface area contributed by atoms with Crippen molar-refractivity contribution in [2.75, 3.05) is 31.8 Å². The summed E-state index contributed by atoms with van der Waals surface area (Å²) in [4.78, 5) is 26.2. The molecule has 0 saturated carbocycles. The predicted octanol–water partition coefficient (Wildman–Crippen LogP) is 1.05. The van der Waals surface area contributed by atoms with Gasteiger partial charge in [-0.15, -0.1) is 11.8 Å². The lowest BCUT2D eigenvalue weighted by molar-refractivity contribution is -0.139. The zero-order valence-corrected chi connectivity index (χ0v) is 13.8. The molecular formula is C14H27N3O2S. The third-order valence-electron chi connectivity index (χ3n) is 3.09. The highest BCUT2D eigenvalue weighted by Gasteiger charge is 2.35. The van der Waals surface area contributed by atoms with Crippen molar-refractivity contribution in [1.82, 2.24) is 15.5 Å². The Balaban J connectivity index is 2.47. The van der Waals surface area contributed by atoms with E-state index in [4.69, 9.17) is 0 Å². The topological polar surface area (TPSA) is 61.4 Å². The van der Waals surface area contributed by atoms with Crippen LogP contribution in [0.2, 0.25) is 0 Å². The highest BCUT2D eigenvalue weighted by atomic mass is 32.2. The lowest BCUT2D eigenvalue weighted by atomic mass is 9.91. The fourth-order valence-electron chi connectivity index (χ4n) is 2.06. The van der Waals surface area contributed by atoms with E-state index in [0.29, 0.717) is 24.6 Å². The van der Waals surface area contributed by atoms with Gasteiger partial charge in [-0.25, -0.2) is 0 Å². The second kappa shape index (κ2) is 7.88. The molecule has 0 aromatic rings. The van der Waals surface area contributed by atoms with Crippen molar-refractivity contribution >= 4 is 23.6 Å². The molecule has 1 unspecified atom stereocenters. The molecule has 0 radical (unpaired) electrons. The van der Waals surface area contributed by atoms with Gasteiger partial charge in [-0.3, -0.25) is 9.59 Å². The van der Waals surface area contributed by atoms with Crippen LogP contribution in [0.3, 0.4) is 0 Å². The summed E-state index contributed by atoms with van der Waals surface area (Å²) in [5.41, 5.74) is -0.0435. The Morgan fingerprint density at radius 3 is 2.60 bits per heavy atom. The first kappa shape index (κ1) is 17.3. The minimum atomic E-state index is -0.301. The molecule has 6 heteroatoms. The largest absolute Gasteiger partial charge is 0.354 e. The van der Waals surface area contributed by atoms with E-state index < -0.39 is 0 Å². The Morgan fingerprint density at radius 1 is 1.30 bits per heavy atom. The van der Waals surface area contributed by atoms with E-state index >= 15 is 0 Å². The molecule has 2 N–H and O–H groups in total. The quantitative estimate of drug-likeness (QED) is 0.720. The fourth-order valence-corrected chi connectivity index (χ4v) is 3.24. The van der Waals surface area contributed by atoms with E-state index in [9.17, 15) is 9.59 Å². The van der Waals surface area contributed by atoms with Crippen LogP contribution >= 0.6 is 11.8 Å². The number of carbonyl (C=O) groups is 2. The van der Waals surface area contributed by atoms with Crippen LogP contribution in [0, 0.1) is 5.41 Å². The SMILES string of the molecule is CNCCCNC(=O)C1CSCN1C(=O)CC(C)(C)C. The Kier molecular flexibility index (Phi) is 6.82. The third-order valence-corrected chi connectivity index (χ3v) is 4.10. The zero-order chi connectivity index (χ0) is 15.2. The lowest BCUT2D eigenvalue weighted by Gasteiger charge is -2.26. The zero-order valence-electron chi connectivity index (χ0n) is 13.0. The van der Waals surface area contributed by atoms with Gasteiger partial charge in [-0.2, -0.15) is 0 Å². The number of carbonyl (C=O) groups excluding carboxylic acids is 2. The average Bonchev–Trinajstić information content (AvgIpc) is 2.81. The molecule has 0 aromatic heterocycles. The van der Waals surface area contributed by atoms with Crippen molar-refractivity contribution in [3.8, 4) is 0 Å². The van der Waals surface area contributed by atoms with Crippen molar-refractivity contribution < 1.29 is 9.59 Å². The Labute approximate surface area is 126 Å². The minimum absolute atomic E-state index is 0.0200. The van der Waals surface area contributed by atoms with Gasteiger partial charge in [0, 0.05) is 18.7 Å². The van der Waals surface area contributed by atoms with Gasteiger partial charge >= 0.3 is 0 Å². The average molecular weight is 301 g/mol. The first-order valence-corrected chi connectivity index (χ1v) is 8.30. The molecule has 1 aliphatic rings. The smallest absolute Gasteiger partial charge is 0.243 e. The molecule has 0 bridgehead atoms. The first-order valence-electron chi connectivity index (χ1n) is 7.14. The first-order chi connectivity index (χ1) is 9.35. The summed E-state index contributed by atoms with van der Waals surface area (Å²) in [5, 5.41) is 5.96. The van der Waals surface area contributed by atoms with E-state index in [1.165, 1.54) is 0 Å². The molecular weight excluding hydrogens is 274 g/mol. The van der Waals surface area contributed by atoms with Crippen LogP contribution in [0.15, 0.2) is 0 Å². The normalized spacial score (nSPS) is 19.2. The number of rotatable bonds is 6. The molecule has 0 aromatic carbocycles. The van der Waals surface area contributed by atoms with Crippen molar-refractivity contribution in [3.05, 3.63) is 0 Å². The Bertz CT molecular complexity index is 342. The van der Waals surface area contributed by atoms with E-state index in [0.717, 1.165) is 13.0 Å². The van der Waals surface area contributed by atoms with Crippen LogP contribution in [0.4, 0.5) is 0 Å². The lowest BCUT2D eigenvalue weighted by Crippen LogP contribution is -2.48. The third kappa shape index (κ3) is 5.71. The van der Waals surface area contributed by atoms with E-state index in [1.54, 1.807) is 16.7 Å². The maximum absolute atomic E-state index is 12.3.